The van der Waals surface area contributed by atoms with Gasteiger partial charge >= 0.3 is 0 Å². The van der Waals surface area contributed by atoms with Crippen molar-refractivity contribution in [2.45, 2.75) is 0 Å². The van der Waals surface area contributed by atoms with Crippen molar-refractivity contribution in [2.24, 2.45) is 0 Å². The molecule has 2 aromatic carbocycles. The first-order valence-electron chi connectivity index (χ1n) is 7.24. The van der Waals surface area contributed by atoms with Crippen LogP contribution in [0, 0.1) is 0 Å². The van der Waals surface area contributed by atoms with Gasteiger partial charge < -0.3 is 5.32 Å². The number of nitrogens with one attached hydrogen (secondary N) is 1. The summed E-state index contributed by atoms with van der Waals surface area (Å²) in [5, 5.41) is 3.58. The number of hydrogen-bond donors (Lipinski definition) is 1. The minimum absolute atomic E-state index is 0.00355. The molecule has 1 fully saturated rings. The quantitative estimate of drug-likeness (QED) is 0.446. The largest absolute Gasteiger partial charge is 0.366 e. The van der Waals surface area contributed by atoms with E-state index in [1.54, 1.807) is 24.3 Å². The van der Waals surface area contributed by atoms with Crippen LogP contribution < -0.4 is 5.32 Å². The average molecular weight is 537 g/mol. The Bertz CT molecular complexity index is 937. The highest BCUT2D eigenvalue weighted by Gasteiger charge is 2.35. The van der Waals surface area contributed by atoms with Gasteiger partial charge in [-0.05, 0) is 53.7 Å². The van der Waals surface area contributed by atoms with Gasteiger partial charge in [0.25, 0.3) is 11.1 Å². The van der Waals surface area contributed by atoms with Crippen molar-refractivity contribution >= 4 is 89.7 Å². The molecule has 1 heterocycles. The summed E-state index contributed by atoms with van der Waals surface area (Å²) >= 11 is 19.8. The first-order valence-corrected chi connectivity index (χ1v) is 10.4. The maximum absolute atomic E-state index is 12.6. The Morgan fingerprint density at radius 1 is 1.12 bits per heavy atom. The summed E-state index contributed by atoms with van der Waals surface area (Å²) in [5.74, 6) is -0.361. The van der Waals surface area contributed by atoms with Crippen LogP contribution in [0.15, 0.2) is 50.2 Å². The number of amides is 2. The smallest absolute Gasteiger partial charge is 0.295 e. The molecule has 26 heavy (non-hydrogen) atoms. The molecule has 0 aromatic heterocycles. The summed E-state index contributed by atoms with van der Waals surface area (Å²) in [6, 6.07) is 10.5. The van der Waals surface area contributed by atoms with Crippen LogP contribution in [0.2, 0.25) is 10.0 Å². The van der Waals surface area contributed by atoms with Crippen LogP contribution in [0.4, 0.5) is 10.5 Å². The lowest BCUT2D eigenvalue weighted by atomic mass is 10.2. The second kappa shape index (κ2) is 8.35. The standard InChI is InChI=1S/C17H10Br2Cl2N2O2S/c18-10-2-1-9(12(19)6-10)5-15-16(24)23(17(25)26-15)8-22-14-7-11(20)3-4-13(14)21/h1-7,22H,8H2. The summed E-state index contributed by atoms with van der Waals surface area (Å²) in [5.41, 5.74) is 1.36. The summed E-state index contributed by atoms with van der Waals surface area (Å²) in [4.78, 5) is 26.3. The summed E-state index contributed by atoms with van der Waals surface area (Å²) < 4.78 is 1.74. The third-order valence-electron chi connectivity index (χ3n) is 3.48. The van der Waals surface area contributed by atoms with Crippen molar-refractivity contribution in [3.63, 3.8) is 0 Å². The molecule has 2 amide bonds. The van der Waals surface area contributed by atoms with Gasteiger partial charge in [-0.15, -0.1) is 0 Å². The fourth-order valence-corrected chi connectivity index (χ4v) is 4.54. The van der Waals surface area contributed by atoms with E-state index in [4.69, 9.17) is 23.2 Å². The van der Waals surface area contributed by atoms with Gasteiger partial charge in [0, 0.05) is 14.0 Å². The van der Waals surface area contributed by atoms with Crippen LogP contribution in [-0.2, 0) is 4.79 Å². The van der Waals surface area contributed by atoms with Crippen LogP contribution in [0.25, 0.3) is 6.08 Å². The van der Waals surface area contributed by atoms with Crippen molar-refractivity contribution in [1.29, 1.82) is 0 Å². The fraction of sp³-hybridized carbons (Fsp3) is 0.0588. The summed E-state index contributed by atoms with van der Waals surface area (Å²) in [7, 11) is 0. The molecule has 0 radical (unpaired) electrons. The lowest BCUT2D eigenvalue weighted by Crippen LogP contribution is -2.33. The lowest BCUT2D eigenvalue weighted by molar-refractivity contribution is -0.122. The number of anilines is 1. The molecule has 2 aromatic rings. The molecule has 1 aliphatic heterocycles. The molecule has 9 heteroatoms. The first kappa shape index (κ1) is 19.8. The molecular weight excluding hydrogens is 527 g/mol. The van der Waals surface area contributed by atoms with Crippen LogP contribution in [0.5, 0.6) is 0 Å². The minimum Gasteiger partial charge on any atom is -0.366 e. The van der Waals surface area contributed by atoms with E-state index in [1.165, 1.54) is 0 Å². The maximum atomic E-state index is 12.6. The number of benzene rings is 2. The Morgan fingerprint density at radius 3 is 2.62 bits per heavy atom. The molecule has 4 nitrogen and oxygen atoms in total. The van der Waals surface area contributed by atoms with Gasteiger partial charge in [0.05, 0.1) is 22.3 Å². The van der Waals surface area contributed by atoms with Crippen LogP contribution >= 0.6 is 66.8 Å². The Morgan fingerprint density at radius 2 is 1.88 bits per heavy atom. The predicted molar refractivity (Wildman–Crippen MR) is 115 cm³/mol. The van der Waals surface area contributed by atoms with Gasteiger partial charge in [0.15, 0.2) is 0 Å². The average Bonchev–Trinajstić information content (AvgIpc) is 2.85. The zero-order valence-corrected chi connectivity index (χ0v) is 18.4. The third-order valence-corrected chi connectivity index (χ3v) is 6.13. The minimum atomic E-state index is -0.361. The van der Waals surface area contributed by atoms with Crippen LogP contribution in [-0.4, -0.2) is 22.7 Å². The molecular formula is C17H10Br2Cl2N2O2S. The van der Waals surface area contributed by atoms with Crippen molar-refractivity contribution < 1.29 is 9.59 Å². The summed E-state index contributed by atoms with van der Waals surface area (Å²) in [6.45, 7) is 0.00355. The van der Waals surface area contributed by atoms with E-state index in [9.17, 15) is 9.59 Å². The van der Waals surface area contributed by atoms with Gasteiger partial charge in [-0.2, -0.15) is 0 Å². The summed E-state index contributed by atoms with van der Waals surface area (Å²) in [6.07, 6.45) is 1.69. The Balaban J connectivity index is 1.76. The third kappa shape index (κ3) is 4.46. The topological polar surface area (TPSA) is 49.4 Å². The van der Waals surface area contributed by atoms with E-state index in [1.807, 2.05) is 18.2 Å². The van der Waals surface area contributed by atoms with Gasteiger partial charge in [0.2, 0.25) is 0 Å². The van der Waals surface area contributed by atoms with E-state index in [-0.39, 0.29) is 17.8 Å². The zero-order chi connectivity index (χ0) is 18.8. The van der Waals surface area contributed by atoms with Crippen LogP contribution in [0.1, 0.15) is 5.56 Å². The number of carbonyl (C=O) groups excluding carboxylic acids is 2. The number of rotatable bonds is 4. The second-order valence-electron chi connectivity index (χ2n) is 5.23. The highest BCUT2D eigenvalue weighted by Crippen LogP contribution is 2.34. The fourth-order valence-electron chi connectivity index (χ4n) is 2.19. The second-order valence-corrected chi connectivity index (χ2v) is 8.84. The molecule has 0 bridgehead atoms. The van der Waals surface area contributed by atoms with Crippen molar-refractivity contribution in [3.8, 4) is 0 Å². The first-order chi connectivity index (χ1) is 12.3. The molecule has 0 unspecified atom stereocenters. The van der Waals surface area contributed by atoms with Crippen molar-refractivity contribution in [3.05, 3.63) is 65.9 Å². The SMILES string of the molecule is O=C1SC(=Cc2ccc(Br)cc2Br)C(=O)N1CNc1cc(Cl)ccc1Cl. The molecule has 1 N–H and O–H groups in total. The van der Waals surface area contributed by atoms with Gasteiger partial charge in [0.1, 0.15) is 0 Å². The van der Waals surface area contributed by atoms with E-state index in [0.717, 1.165) is 31.2 Å². The Labute approximate surface area is 181 Å². The highest BCUT2D eigenvalue weighted by molar-refractivity contribution is 9.11. The lowest BCUT2D eigenvalue weighted by Gasteiger charge is -2.15. The molecule has 1 aliphatic rings. The van der Waals surface area contributed by atoms with E-state index >= 15 is 0 Å². The van der Waals surface area contributed by atoms with E-state index in [0.29, 0.717) is 20.6 Å². The van der Waals surface area contributed by atoms with E-state index in [2.05, 4.69) is 37.2 Å². The number of carbonyl (C=O) groups is 2. The molecule has 0 saturated carbocycles. The Hall–Kier alpha value is -0.990. The number of halogens is 4. The van der Waals surface area contributed by atoms with Crippen LogP contribution in [0.3, 0.4) is 0 Å². The monoisotopic (exact) mass is 534 g/mol. The molecule has 134 valence electrons. The zero-order valence-electron chi connectivity index (χ0n) is 12.9. The number of thioether (sulfide) groups is 1. The van der Waals surface area contributed by atoms with Gasteiger partial charge in [-0.25, -0.2) is 0 Å². The van der Waals surface area contributed by atoms with Gasteiger partial charge in [-0.3, -0.25) is 14.5 Å². The number of imide groups is 1. The molecule has 1 saturated heterocycles. The maximum Gasteiger partial charge on any atom is 0.295 e. The van der Waals surface area contributed by atoms with E-state index < -0.39 is 0 Å². The highest BCUT2D eigenvalue weighted by atomic mass is 79.9. The molecule has 3 rings (SSSR count). The molecule has 0 atom stereocenters. The predicted octanol–water partition coefficient (Wildman–Crippen LogP) is 6.62. The number of nitrogens with zero attached hydrogens (tertiary/aromatic N) is 1. The Kier molecular flexibility index (Phi) is 6.35. The molecule has 0 spiro atoms. The molecule has 0 aliphatic carbocycles. The normalized spacial score (nSPS) is 15.8. The number of hydrogen-bond acceptors (Lipinski definition) is 4. The van der Waals surface area contributed by atoms with Gasteiger partial charge in [-0.1, -0.05) is 61.1 Å². The van der Waals surface area contributed by atoms with Crippen molar-refractivity contribution in [1.82, 2.24) is 4.90 Å². The van der Waals surface area contributed by atoms with Crippen molar-refractivity contribution in [2.75, 3.05) is 12.0 Å².